The molecule has 0 aliphatic carbocycles. The molecule has 0 aromatic heterocycles. The van der Waals surface area contributed by atoms with E-state index in [1.165, 1.54) is 0 Å². The molecule has 2 rings (SSSR count). The van der Waals surface area contributed by atoms with Gasteiger partial charge in [0.05, 0.1) is 5.54 Å². The van der Waals surface area contributed by atoms with E-state index in [4.69, 9.17) is 0 Å². The van der Waals surface area contributed by atoms with Crippen molar-refractivity contribution in [2.24, 2.45) is 0 Å². The van der Waals surface area contributed by atoms with E-state index in [0.717, 1.165) is 16.8 Å². The molecular weight excluding hydrogens is 188 g/mol. The summed E-state index contributed by atoms with van der Waals surface area (Å²) in [5, 5.41) is 2.89. The average molecular weight is 204 g/mol. The molecule has 0 saturated heterocycles. The monoisotopic (exact) mass is 204 g/mol. The number of amides is 2. The zero-order valence-corrected chi connectivity index (χ0v) is 9.59. The lowest BCUT2D eigenvalue weighted by Gasteiger charge is -2.41. The van der Waals surface area contributed by atoms with E-state index in [1.807, 2.05) is 20.0 Å². The highest BCUT2D eigenvalue weighted by Crippen LogP contribution is 2.36. The summed E-state index contributed by atoms with van der Waals surface area (Å²) < 4.78 is 0. The first-order valence-corrected chi connectivity index (χ1v) is 5.09. The molecule has 3 nitrogen and oxygen atoms in total. The van der Waals surface area contributed by atoms with E-state index < -0.39 is 0 Å². The molecule has 0 fully saturated rings. The number of carbonyl (C=O) groups excluding carboxylic acids is 1. The number of aryl methyl sites for hydroxylation is 1. The summed E-state index contributed by atoms with van der Waals surface area (Å²) in [4.78, 5) is 13.4. The molecule has 15 heavy (non-hydrogen) atoms. The van der Waals surface area contributed by atoms with Crippen LogP contribution in [0.3, 0.4) is 0 Å². The van der Waals surface area contributed by atoms with Crippen molar-refractivity contribution in [2.45, 2.75) is 26.3 Å². The predicted molar refractivity (Wildman–Crippen MR) is 61.0 cm³/mol. The number of urea groups is 1. The fourth-order valence-corrected chi connectivity index (χ4v) is 1.93. The summed E-state index contributed by atoms with van der Waals surface area (Å²) in [7, 11) is 1.82. The van der Waals surface area contributed by atoms with Gasteiger partial charge in [0.25, 0.3) is 0 Å². The first-order chi connectivity index (χ1) is 6.93. The Morgan fingerprint density at radius 3 is 2.67 bits per heavy atom. The normalized spacial score (nSPS) is 18.4. The number of anilines is 1. The van der Waals surface area contributed by atoms with E-state index in [0.29, 0.717) is 0 Å². The molecule has 1 aliphatic rings. The van der Waals surface area contributed by atoms with Gasteiger partial charge in [-0.2, -0.15) is 0 Å². The summed E-state index contributed by atoms with van der Waals surface area (Å²) in [5.41, 5.74) is 3.01. The minimum absolute atomic E-state index is 0.0434. The van der Waals surface area contributed by atoms with Gasteiger partial charge < -0.3 is 10.2 Å². The zero-order chi connectivity index (χ0) is 11.2. The second-order valence-corrected chi connectivity index (χ2v) is 4.60. The molecule has 3 heteroatoms. The van der Waals surface area contributed by atoms with Gasteiger partial charge >= 0.3 is 6.03 Å². The first kappa shape index (κ1) is 10.0. The van der Waals surface area contributed by atoms with E-state index in [9.17, 15) is 4.79 Å². The third-order valence-corrected chi connectivity index (χ3v) is 3.22. The van der Waals surface area contributed by atoms with Crippen molar-refractivity contribution in [1.29, 1.82) is 0 Å². The number of benzene rings is 1. The van der Waals surface area contributed by atoms with Gasteiger partial charge in [0.1, 0.15) is 0 Å². The highest BCUT2D eigenvalue weighted by molar-refractivity contribution is 5.93. The molecule has 0 atom stereocenters. The van der Waals surface area contributed by atoms with Gasteiger partial charge in [-0.3, -0.25) is 0 Å². The molecule has 1 heterocycles. The maximum Gasteiger partial charge on any atom is 0.322 e. The highest BCUT2D eigenvalue weighted by Gasteiger charge is 2.36. The number of nitrogens with zero attached hydrogens (tertiary/aromatic N) is 1. The van der Waals surface area contributed by atoms with E-state index in [-0.39, 0.29) is 11.6 Å². The Labute approximate surface area is 90.1 Å². The van der Waals surface area contributed by atoms with Crippen LogP contribution in [0.2, 0.25) is 0 Å². The van der Waals surface area contributed by atoms with Crippen LogP contribution in [-0.4, -0.2) is 18.0 Å². The number of nitrogens with one attached hydrogen (secondary N) is 1. The van der Waals surface area contributed by atoms with Gasteiger partial charge in [-0.15, -0.1) is 0 Å². The van der Waals surface area contributed by atoms with Gasteiger partial charge in [-0.1, -0.05) is 12.1 Å². The third kappa shape index (κ3) is 1.39. The van der Waals surface area contributed by atoms with Gasteiger partial charge in [-0.05, 0) is 32.4 Å². The summed E-state index contributed by atoms with van der Waals surface area (Å²) in [6.07, 6.45) is 0. The Kier molecular flexibility index (Phi) is 2.00. The van der Waals surface area contributed by atoms with Crippen molar-refractivity contribution >= 4 is 11.7 Å². The van der Waals surface area contributed by atoms with Crippen molar-refractivity contribution < 1.29 is 4.79 Å². The van der Waals surface area contributed by atoms with E-state index in [1.54, 1.807) is 4.90 Å². The Hall–Kier alpha value is -1.51. The molecule has 0 saturated carbocycles. The van der Waals surface area contributed by atoms with Crippen LogP contribution in [-0.2, 0) is 5.54 Å². The topological polar surface area (TPSA) is 32.3 Å². The van der Waals surface area contributed by atoms with E-state index in [2.05, 4.69) is 31.3 Å². The smallest absolute Gasteiger partial charge is 0.318 e. The summed E-state index contributed by atoms with van der Waals surface area (Å²) in [5.74, 6) is 0. The van der Waals surface area contributed by atoms with Crippen molar-refractivity contribution in [3.8, 4) is 0 Å². The maximum atomic E-state index is 11.7. The predicted octanol–water partition coefficient (Wildman–Crippen LogP) is 2.71. The lowest BCUT2D eigenvalue weighted by molar-refractivity contribution is 0.164. The lowest BCUT2D eigenvalue weighted by atomic mass is 9.89. The quantitative estimate of drug-likeness (QED) is 0.692. The van der Waals surface area contributed by atoms with Crippen LogP contribution in [0.15, 0.2) is 18.2 Å². The van der Waals surface area contributed by atoms with Crippen LogP contribution in [0.25, 0.3) is 0 Å². The first-order valence-electron chi connectivity index (χ1n) is 5.09. The highest BCUT2D eigenvalue weighted by atomic mass is 16.2. The van der Waals surface area contributed by atoms with Crippen LogP contribution in [0.4, 0.5) is 10.5 Å². The molecule has 1 aliphatic heterocycles. The van der Waals surface area contributed by atoms with Crippen LogP contribution in [0, 0.1) is 6.92 Å². The SMILES string of the molecule is Cc1ccc2c(c1)NC(=O)N(C)C2(C)C. The third-order valence-electron chi connectivity index (χ3n) is 3.22. The molecule has 0 spiro atoms. The van der Waals surface area contributed by atoms with Gasteiger partial charge in [-0.25, -0.2) is 4.79 Å². The van der Waals surface area contributed by atoms with E-state index >= 15 is 0 Å². The molecule has 2 amide bonds. The molecule has 80 valence electrons. The van der Waals surface area contributed by atoms with Crippen molar-refractivity contribution in [3.63, 3.8) is 0 Å². The summed E-state index contributed by atoms with van der Waals surface area (Å²) in [6, 6.07) is 6.13. The number of hydrogen-bond acceptors (Lipinski definition) is 1. The molecule has 1 aromatic rings. The second kappa shape index (κ2) is 2.99. The van der Waals surface area contributed by atoms with Gasteiger partial charge in [0.2, 0.25) is 0 Å². The molecule has 0 radical (unpaired) electrons. The second-order valence-electron chi connectivity index (χ2n) is 4.60. The fourth-order valence-electron chi connectivity index (χ4n) is 1.93. The van der Waals surface area contributed by atoms with Crippen molar-refractivity contribution in [3.05, 3.63) is 29.3 Å². The van der Waals surface area contributed by atoms with Gasteiger partial charge in [0.15, 0.2) is 0 Å². The Morgan fingerprint density at radius 1 is 1.33 bits per heavy atom. The fraction of sp³-hybridized carbons (Fsp3) is 0.417. The average Bonchev–Trinajstić information content (AvgIpc) is 2.14. The molecule has 1 aromatic carbocycles. The largest absolute Gasteiger partial charge is 0.322 e. The number of fused-ring (bicyclic) bond motifs is 1. The van der Waals surface area contributed by atoms with Crippen LogP contribution in [0.5, 0.6) is 0 Å². The van der Waals surface area contributed by atoms with Crippen molar-refractivity contribution in [1.82, 2.24) is 4.90 Å². The summed E-state index contributed by atoms with van der Waals surface area (Å²) in [6.45, 7) is 6.14. The number of carbonyl (C=O) groups is 1. The van der Waals surface area contributed by atoms with Gasteiger partial charge in [0, 0.05) is 18.3 Å². The van der Waals surface area contributed by atoms with Crippen LogP contribution >= 0.6 is 0 Å². The molecule has 1 N–H and O–H groups in total. The lowest BCUT2D eigenvalue weighted by Crippen LogP contribution is -2.49. The molecule has 0 bridgehead atoms. The standard InChI is InChI=1S/C12H16N2O/c1-8-5-6-9-10(7-8)13-11(15)14(4)12(9,2)3/h5-7H,1-4H3,(H,13,15). The zero-order valence-electron chi connectivity index (χ0n) is 9.59. The maximum absolute atomic E-state index is 11.7. The Bertz CT molecular complexity index is 424. The minimum atomic E-state index is -0.245. The minimum Gasteiger partial charge on any atom is -0.318 e. The molecule has 0 unspecified atom stereocenters. The summed E-state index contributed by atoms with van der Waals surface area (Å²) >= 11 is 0. The molecular formula is C12H16N2O. The Morgan fingerprint density at radius 2 is 2.00 bits per heavy atom. The van der Waals surface area contributed by atoms with Crippen LogP contribution < -0.4 is 5.32 Å². The van der Waals surface area contributed by atoms with Crippen LogP contribution in [0.1, 0.15) is 25.0 Å². The Balaban J connectivity index is 2.60. The van der Waals surface area contributed by atoms with Crippen molar-refractivity contribution in [2.75, 3.05) is 12.4 Å². The number of hydrogen-bond donors (Lipinski definition) is 1. The number of rotatable bonds is 0.